The molecule has 0 unspecified atom stereocenters. The summed E-state index contributed by atoms with van der Waals surface area (Å²) >= 11 is 0. The van der Waals surface area contributed by atoms with Gasteiger partial charge in [-0.3, -0.25) is 9.78 Å². The fourth-order valence-corrected chi connectivity index (χ4v) is 3.97. The largest absolute Gasteiger partial charge is 0.497 e. The number of pyridine rings is 1. The first-order valence-electron chi connectivity index (χ1n) is 10.7. The molecule has 4 rings (SSSR count). The van der Waals surface area contributed by atoms with E-state index < -0.39 is 0 Å². The quantitative estimate of drug-likeness (QED) is 0.569. The van der Waals surface area contributed by atoms with Crippen molar-refractivity contribution in [3.63, 3.8) is 0 Å². The number of rotatable bonds is 8. The first kappa shape index (κ1) is 21.7. The second kappa shape index (κ2) is 9.72. The van der Waals surface area contributed by atoms with E-state index in [-0.39, 0.29) is 11.8 Å². The van der Waals surface area contributed by atoms with Gasteiger partial charge in [0.05, 0.1) is 14.2 Å². The first-order valence-corrected chi connectivity index (χ1v) is 10.7. The van der Waals surface area contributed by atoms with Crippen LogP contribution >= 0.6 is 0 Å². The molecule has 2 aromatic heterocycles. The van der Waals surface area contributed by atoms with Crippen LogP contribution in [0.2, 0.25) is 0 Å². The molecule has 168 valence electrons. The van der Waals surface area contributed by atoms with E-state index in [9.17, 15) is 4.79 Å². The minimum atomic E-state index is 0.116. The summed E-state index contributed by atoms with van der Waals surface area (Å²) in [6, 6.07) is 13.6. The molecular formula is C24H28N4O4. The molecule has 3 aromatic rings. The van der Waals surface area contributed by atoms with E-state index in [0.29, 0.717) is 31.0 Å². The predicted molar refractivity (Wildman–Crippen MR) is 121 cm³/mol. The van der Waals surface area contributed by atoms with Crippen LogP contribution in [0.15, 0.2) is 47.0 Å². The second-order valence-corrected chi connectivity index (χ2v) is 7.94. The number of anilines is 2. The molecule has 1 saturated heterocycles. The molecule has 3 heterocycles. The van der Waals surface area contributed by atoms with Gasteiger partial charge in [-0.2, -0.15) is 0 Å². The Morgan fingerprint density at radius 2 is 2.06 bits per heavy atom. The zero-order chi connectivity index (χ0) is 22.5. The normalized spacial score (nSPS) is 15.6. The molecule has 0 spiro atoms. The van der Waals surface area contributed by atoms with Gasteiger partial charge in [0.1, 0.15) is 11.5 Å². The van der Waals surface area contributed by atoms with Crippen LogP contribution in [0, 0.1) is 6.92 Å². The van der Waals surface area contributed by atoms with Gasteiger partial charge in [-0.15, -0.1) is 0 Å². The molecule has 1 amide bonds. The van der Waals surface area contributed by atoms with Crippen molar-refractivity contribution in [2.75, 3.05) is 32.6 Å². The summed E-state index contributed by atoms with van der Waals surface area (Å²) < 4.78 is 15.5. The molecule has 0 radical (unpaired) electrons. The highest BCUT2D eigenvalue weighted by Crippen LogP contribution is 2.30. The standard InChI is InChI=1S/C24H28N4O4/c1-16-11-19(26-18-5-4-6-20(12-18)30-2)13-22(25-16)17-9-10-28(15-17)24(29)8-7-21-14-23(31-3)27-32-21/h4-6,11-14,17H,7-10,15H2,1-3H3,(H,25,26)/t17-/m0/s1. The maximum atomic E-state index is 12.7. The van der Waals surface area contributed by atoms with Crippen LogP contribution in [0.1, 0.15) is 35.9 Å². The Morgan fingerprint density at radius 3 is 2.84 bits per heavy atom. The predicted octanol–water partition coefficient (Wildman–Crippen LogP) is 4.09. The number of hydrogen-bond donors (Lipinski definition) is 1. The van der Waals surface area contributed by atoms with Crippen LogP contribution in [-0.4, -0.2) is 48.3 Å². The SMILES string of the molecule is COc1cccc(Nc2cc(C)nc([C@H]3CCN(C(=O)CCc4cc(OC)no4)C3)c2)c1. The number of ether oxygens (including phenoxy) is 2. The molecule has 0 saturated carbocycles. The Bertz CT molecular complexity index is 1080. The molecule has 1 aliphatic rings. The molecule has 8 heteroatoms. The molecular weight excluding hydrogens is 408 g/mol. The molecule has 1 atom stereocenters. The van der Waals surface area contributed by atoms with Gasteiger partial charge in [0.25, 0.3) is 5.88 Å². The topological polar surface area (TPSA) is 89.7 Å². The Labute approximate surface area is 187 Å². The van der Waals surface area contributed by atoms with E-state index >= 15 is 0 Å². The fraction of sp³-hybridized carbons (Fsp3) is 0.375. The molecule has 1 aliphatic heterocycles. The number of aromatic nitrogens is 2. The van der Waals surface area contributed by atoms with E-state index in [4.69, 9.17) is 19.0 Å². The molecule has 1 N–H and O–H groups in total. The van der Waals surface area contributed by atoms with Crippen molar-refractivity contribution in [2.45, 2.75) is 32.1 Å². The fourth-order valence-electron chi connectivity index (χ4n) is 3.97. The Balaban J connectivity index is 1.38. The van der Waals surface area contributed by atoms with Gasteiger partial charge >= 0.3 is 0 Å². The number of amides is 1. The van der Waals surface area contributed by atoms with Crippen LogP contribution in [0.3, 0.4) is 0 Å². The summed E-state index contributed by atoms with van der Waals surface area (Å²) in [6.45, 7) is 3.40. The maximum Gasteiger partial charge on any atom is 0.254 e. The van der Waals surface area contributed by atoms with Gasteiger partial charge in [0, 0.05) is 66.7 Å². The number of carbonyl (C=O) groups is 1. The lowest BCUT2D eigenvalue weighted by Gasteiger charge is -2.17. The lowest BCUT2D eigenvalue weighted by molar-refractivity contribution is -0.130. The lowest BCUT2D eigenvalue weighted by atomic mass is 10.0. The van der Waals surface area contributed by atoms with Gasteiger partial charge in [0.2, 0.25) is 5.91 Å². The zero-order valence-corrected chi connectivity index (χ0v) is 18.6. The molecule has 32 heavy (non-hydrogen) atoms. The van der Waals surface area contributed by atoms with Crippen LogP contribution in [0.4, 0.5) is 11.4 Å². The van der Waals surface area contributed by atoms with Crippen LogP contribution in [-0.2, 0) is 11.2 Å². The minimum Gasteiger partial charge on any atom is -0.497 e. The van der Waals surface area contributed by atoms with Gasteiger partial charge < -0.3 is 24.2 Å². The Hall–Kier alpha value is -3.55. The third kappa shape index (κ3) is 5.19. The van der Waals surface area contributed by atoms with Crippen LogP contribution in [0.25, 0.3) is 0 Å². The molecule has 0 bridgehead atoms. The van der Waals surface area contributed by atoms with Gasteiger partial charge in [-0.1, -0.05) is 6.07 Å². The number of methoxy groups -OCH3 is 2. The van der Waals surface area contributed by atoms with Crippen molar-refractivity contribution in [2.24, 2.45) is 0 Å². The average Bonchev–Trinajstić information content (AvgIpc) is 3.47. The number of likely N-dealkylation sites (tertiary alicyclic amines) is 1. The van der Waals surface area contributed by atoms with Crippen LogP contribution in [0.5, 0.6) is 11.6 Å². The summed E-state index contributed by atoms with van der Waals surface area (Å²) in [5, 5.41) is 7.21. The highest BCUT2D eigenvalue weighted by molar-refractivity contribution is 5.76. The minimum absolute atomic E-state index is 0.116. The molecule has 8 nitrogen and oxygen atoms in total. The monoisotopic (exact) mass is 436 g/mol. The number of nitrogens with zero attached hydrogens (tertiary/aromatic N) is 3. The first-order chi connectivity index (χ1) is 15.5. The highest BCUT2D eigenvalue weighted by Gasteiger charge is 2.28. The van der Waals surface area contributed by atoms with E-state index in [0.717, 1.165) is 41.5 Å². The average molecular weight is 437 g/mol. The highest BCUT2D eigenvalue weighted by atomic mass is 16.5. The third-order valence-electron chi connectivity index (χ3n) is 5.62. The molecule has 1 aromatic carbocycles. The van der Waals surface area contributed by atoms with E-state index in [1.807, 2.05) is 42.2 Å². The number of benzene rings is 1. The Kier molecular flexibility index (Phi) is 6.58. The summed E-state index contributed by atoms with van der Waals surface area (Å²) in [4.78, 5) is 19.4. The van der Waals surface area contributed by atoms with E-state index in [1.165, 1.54) is 7.11 Å². The lowest BCUT2D eigenvalue weighted by Crippen LogP contribution is -2.28. The number of carbonyl (C=O) groups excluding carboxylic acids is 1. The van der Waals surface area contributed by atoms with Gasteiger partial charge in [-0.25, -0.2) is 0 Å². The van der Waals surface area contributed by atoms with E-state index in [2.05, 4.69) is 16.5 Å². The van der Waals surface area contributed by atoms with Gasteiger partial charge in [0.15, 0.2) is 0 Å². The van der Waals surface area contributed by atoms with Crippen molar-refractivity contribution in [3.8, 4) is 11.6 Å². The summed E-state index contributed by atoms with van der Waals surface area (Å²) in [7, 11) is 3.19. The van der Waals surface area contributed by atoms with Crippen molar-refractivity contribution in [1.82, 2.24) is 15.0 Å². The van der Waals surface area contributed by atoms with E-state index in [1.54, 1.807) is 13.2 Å². The second-order valence-electron chi connectivity index (χ2n) is 7.94. The summed E-state index contributed by atoms with van der Waals surface area (Å²) in [6.07, 6.45) is 1.79. The van der Waals surface area contributed by atoms with Gasteiger partial charge in [-0.05, 0) is 42.8 Å². The number of aryl methyl sites for hydroxylation is 2. The maximum absolute atomic E-state index is 12.7. The summed E-state index contributed by atoms with van der Waals surface area (Å²) in [5.74, 6) is 2.21. The smallest absolute Gasteiger partial charge is 0.254 e. The molecule has 1 fully saturated rings. The van der Waals surface area contributed by atoms with Crippen molar-refractivity contribution >= 4 is 17.3 Å². The molecule has 0 aliphatic carbocycles. The number of hydrogen-bond acceptors (Lipinski definition) is 7. The van der Waals surface area contributed by atoms with Crippen LogP contribution < -0.4 is 14.8 Å². The summed E-state index contributed by atoms with van der Waals surface area (Å²) in [5.41, 5.74) is 3.88. The van der Waals surface area contributed by atoms with Crippen molar-refractivity contribution in [1.29, 1.82) is 0 Å². The Morgan fingerprint density at radius 1 is 1.19 bits per heavy atom. The van der Waals surface area contributed by atoms with Crippen molar-refractivity contribution < 1.29 is 18.8 Å². The number of nitrogens with one attached hydrogen (secondary N) is 1. The third-order valence-corrected chi connectivity index (χ3v) is 5.62. The zero-order valence-electron chi connectivity index (χ0n) is 18.6. The van der Waals surface area contributed by atoms with Crippen molar-refractivity contribution in [3.05, 3.63) is 59.6 Å².